The van der Waals surface area contributed by atoms with Crippen molar-refractivity contribution in [1.29, 1.82) is 0 Å². The van der Waals surface area contributed by atoms with Gasteiger partial charge in [0, 0.05) is 11.1 Å². The zero-order valence-corrected chi connectivity index (χ0v) is 9.47. The fourth-order valence-electron chi connectivity index (χ4n) is 1.19. The van der Waals surface area contributed by atoms with E-state index in [-0.39, 0.29) is 11.1 Å². The quantitative estimate of drug-likeness (QED) is 0.664. The molecule has 3 nitrogen and oxygen atoms in total. The summed E-state index contributed by atoms with van der Waals surface area (Å²) in [6.45, 7) is 0.390. The molecule has 0 radical (unpaired) electrons. The van der Waals surface area contributed by atoms with Crippen LogP contribution in [-0.2, 0) is 0 Å². The van der Waals surface area contributed by atoms with Crippen LogP contribution < -0.4 is 10.1 Å². The maximum atomic E-state index is 12.1. The average molecular weight is 257 g/mol. The molecule has 18 heavy (non-hydrogen) atoms. The zero-order chi connectivity index (χ0) is 13.6. The van der Waals surface area contributed by atoms with Crippen molar-refractivity contribution >= 4 is 6.29 Å². The van der Waals surface area contributed by atoms with Crippen LogP contribution in [-0.4, -0.2) is 26.2 Å². The molecular weight excluding hydrogens is 247 g/mol. The lowest BCUT2D eigenvalue weighted by Gasteiger charge is -2.09. The van der Waals surface area contributed by atoms with E-state index in [1.807, 2.05) is 0 Å². The van der Waals surface area contributed by atoms with Crippen molar-refractivity contribution < 1.29 is 22.7 Å². The van der Waals surface area contributed by atoms with Crippen LogP contribution in [0, 0.1) is 11.8 Å². The highest BCUT2D eigenvalue weighted by Gasteiger charge is 2.31. The zero-order valence-electron chi connectivity index (χ0n) is 9.47. The molecule has 1 rings (SSSR count). The highest BCUT2D eigenvalue weighted by Crippen LogP contribution is 2.24. The summed E-state index contributed by atoms with van der Waals surface area (Å²) in [5, 5.41) is 2.77. The van der Waals surface area contributed by atoms with Gasteiger partial charge >= 0.3 is 6.36 Å². The second-order valence-corrected chi connectivity index (χ2v) is 3.29. The third kappa shape index (κ3) is 4.89. The Labute approximate surface area is 102 Å². The first-order chi connectivity index (χ1) is 8.44. The summed E-state index contributed by atoms with van der Waals surface area (Å²) in [6.07, 6.45) is -4.36. The molecule has 0 bridgehead atoms. The Kier molecular flexibility index (Phi) is 4.75. The highest BCUT2D eigenvalue weighted by molar-refractivity contribution is 5.76. The lowest BCUT2D eigenvalue weighted by Crippen LogP contribution is -2.17. The molecule has 0 saturated heterocycles. The van der Waals surface area contributed by atoms with Gasteiger partial charge in [0.25, 0.3) is 0 Å². The Morgan fingerprint density at radius 2 is 2.11 bits per heavy atom. The summed E-state index contributed by atoms with van der Waals surface area (Å²) in [6, 6.07) is 3.52. The Morgan fingerprint density at radius 1 is 1.39 bits per heavy atom. The SMILES string of the molecule is CNCC#Cc1cc(C=O)cc(OC(F)(F)F)c1. The van der Waals surface area contributed by atoms with Gasteiger partial charge in [0.15, 0.2) is 0 Å². The van der Waals surface area contributed by atoms with Crippen molar-refractivity contribution in [3.8, 4) is 17.6 Å². The van der Waals surface area contributed by atoms with E-state index in [2.05, 4.69) is 21.9 Å². The van der Waals surface area contributed by atoms with Crippen LogP contribution >= 0.6 is 0 Å². The van der Waals surface area contributed by atoms with Crippen molar-refractivity contribution in [2.75, 3.05) is 13.6 Å². The average Bonchev–Trinajstić information content (AvgIpc) is 2.26. The number of carbonyl (C=O) groups excluding carboxylic acids is 1. The normalized spacial score (nSPS) is 10.4. The van der Waals surface area contributed by atoms with Crippen LogP contribution in [0.4, 0.5) is 13.2 Å². The fraction of sp³-hybridized carbons (Fsp3) is 0.250. The maximum Gasteiger partial charge on any atom is 0.573 e. The van der Waals surface area contributed by atoms with Gasteiger partial charge in [-0.1, -0.05) is 11.8 Å². The van der Waals surface area contributed by atoms with Crippen LogP contribution in [0.1, 0.15) is 15.9 Å². The van der Waals surface area contributed by atoms with Gasteiger partial charge in [-0.3, -0.25) is 4.79 Å². The van der Waals surface area contributed by atoms with E-state index in [0.717, 1.165) is 12.1 Å². The molecule has 0 atom stereocenters. The number of ether oxygens (including phenoxy) is 1. The molecule has 6 heteroatoms. The van der Waals surface area contributed by atoms with E-state index in [9.17, 15) is 18.0 Å². The summed E-state index contributed by atoms with van der Waals surface area (Å²) < 4.78 is 39.9. The lowest BCUT2D eigenvalue weighted by molar-refractivity contribution is -0.274. The van der Waals surface area contributed by atoms with Crippen molar-refractivity contribution in [3.63, 3.8) is 0 Å². The molecule has 0 saturated carbocycles. The molecule has 1 aromatic rings. The molecule has 0 aliphatic carbocycles. The van der Waals surface area contributed by atoms with E-state index in [4.69, 9.17) is 0 Å². The monoisotopic (exact) mass is 257 g/mol. The first-order valence-electron chi connectivity index (χ1n) is 4.94. The van der Waals surface area contributed by atoms with E-state index < -0.39 is 12.1 Å². The number of halogens is 3. The Morgan fingerprint density at radius 3 is 2.67 bits per heavy atom. The van der Waals surface area contributed by atoms with Crippen LogP contribution in [0.3, 0.4) is 0 Å². The summed E-state index contributed by atoms with van der Waals surface area (Å²) in [4.78, 5) is 10.6. The molecule has 1 aromatic carbocycles. The number of hydrogen-bond acceptors (Lipinski definition) is 3. The number of nitrogens with one attached hydrogen (secondary N) is 1. The highest BCUT2D eigenvalue weighted by atomic mass is 19.4. The molecule has 96 valence electrons. The van der Waals surface area contributed by atoms with Gasteiger partial charge in [-0.2, -0.15) is 0 Å². The van der Waals surface area contributed by atoms with Crippen LogP contribution in [0.15, 0.2) is 18.2 Å². The second kappa shape index (κ2) is 6.07. The van der Waals surface area contributed by atoms with Gasteiger partial charge in [0.05, 0.1) is 6.54 Å². The number of carbonyl (C=O) groups is 1. The summed E-state index contributed by atoms with van der Waals surface area (Å²) >= 11 is 0. The number of benzene rings is 1. The minimum absolute atomic E-state index is 0.0745. The first-order valence-corrected chi connectivity index (χ1v) is 4.94. The molecule has 0 amide bonds. The molecule has 0 aliphatic rings. The molecule has 0 aromatic heterocycles. The fourth-order valence-corrected chi connectivity index (χ4v) is 1.19. The first kappa shape index (κ1) is 14.1. The lowest BCUT2D eigenvalue weighted by atomic mass is 10.1. The van der Waals surface area contributed by atoms with Gasteiger partial charge in [-0.15, -0.1) is 13.2 Å². The third-order valence-corrected chi connectivity index (χ3v) is 1.80. The topological polar surface area (TPSA) is 38.3 Å². The van der Waals surface area contributed by atoms with E-state index in [1.54, 1.807) is 7.05 Å². The molecule has 1 N–H and O–H groups in total. The number of alkyl halides is 3. The predicted octanol–water partition coefficient (Wildman–Crippen LogP) is 1.97. The molecule has 0 unspecified atom stereocenters. The summed E-state index contributed by atoms with van der Waals surface area (Å²) in [7, 11) is 1.69. The van der Waals surface area contributed by atoms with Crippen molar-refractivity contribution in [2.24, 2.45) is 0 Å². The number of hydrogen-bond donors (Lipinski definition) is 1. The molecule has 0 aliphatic heterocycles. The second-order valence-electron chi connectivity index (χ2n) is 3.29. The maximum absolute atomic E-state index is 12.1. The molecule has 0 fully saturated rings. The van der Waals surface area contributed by atoms with Gasteiger partial charge in [0.1, 0.15) is 12.0 Å². The van der Waals surface area contributed by atoms with Crippen molar-refractivity contribution in [3.05, 3.63) is 29.3 Å². The number of aldehydes is 1. The summed E-state index contributed by atoms with van der Waals surface area (Å²) in [5.41, 5.74) is 0.361. The van der Waals surface area contributed by atoms with E-state index in [0.29, 0.717) is 12.8 Å². The Hall–Kier alpha value is -2.00. The predicted molar refractivity (Wildman–Crippen MR) is 59.3 cm³/mol. The Bertz CT molecular complexity index is 486. The number of rotatable bonds is 3. The van der Waals surface area contributed by atoms with Crippen LogP contribution in [0.25, 0.3) is 0 Å². The van der Waals surface area contributed by atoms with Gasteiger partial charge in [-0.05, 0) is 25.2 Å². The van der Waals surface area contributed by atoms with Crippen molar-refractivity contribution in [1.82, 2.24) is 5.32 Å². The van der Waals surface area contributed by atoms with Crippen molar-refractivity contribution in [2.45, 2.75) is 6.36 Å². The van der Waals surface area contributed by atoms with Gasteiger partial charge < -0.3 is 10.1 Å². The van der Waals surface area contributed by atoms with E-state index >= 15 is 0 Å². The van der Waals surface area contributed by atoms with Gasteiger partial charge in [-0.25, -0.2) is 0 Å². The standard InChI is InChI=1S/C12H10F3NO2/c1-16-4-2-3-9-5-10(8-17)7-11(6-9)18-12(13,14)15/h5-8,16H,4H2,1H3. The Balaban J connectivity index is 3.03. The van der Waals surface area contributed by atoms with Gasteiger partial charge in [0.2, 0.25) is 0 Å². The van der Waals surface area contributed by atoms with Crippen LogP contribution in [0.2, 0.25) is 0 Å². The molecule has 0 heterocycles. The molecular formula is C12H10F3NO2. The third-order valence-electron chi connectivity index (χ3n) is 1.80. The molecule has 0 spiro atoms. The van der Waals surface area contributed by atoms with E-state index in [1.165, 1.54) is 6.07 Å². The summed E-state index contributed by atoms with van der Waals surface area (Å²) in [5.74, 6) is 4.85. The largest absolute Gasteiger partial charge is 0.573 e. The minimum atomic E-state index is -4.79. The smallest absolute Gasteiger partial charge is 0.406 e. The minimum Gasteiger partial charge on any atom is -0.406 e. The van der Waals surface area contributed by atoms with Crippen LogP contribution in [0.5, 0.6) is 5.75 Å².